The predicted octanol–water partition coefficient (Wildman–Crippen LogP) is 5.38. The Hall–Kier alpha value is -4.14. The molecular weight excluding hydrogens is 468 g/mol. The van der Waals surface area contributed by atoms with Crippen molar-refractivity contribution in [3.8, 4) is 22.9 Å². The third-order valence-electron chi connectivity index (χ3n) is 6.00. The summed E-state index contributed by atoms with van der Waals surface area (Å²) in [6.45, 7) is 5.72. The average Bonchev–Trinajstić information content (AvgIpc) is 3.57. The molecule has 1 aliphatic carbocycles. The molecule has 2 aromatic carbocycles. The first-order valence-electron chi connectivity index (χ1n) is 12.6. The zero-order chi connectivity index (χ0) is 25.8. The van der Waals surface area contributed by atoms with E-state index in [2.05, 4.69) is 20.8 Å². The number of hydrogen-bond acceptors (Lipinski definition) is 7. The number of H-pyrrole nitrogens is 1. The van der Waals surface area contributed by atoms with E-state index in [0.29, 0.717) is 17.4 Å². The van der Waals surface area contributed by atoms with Gasteiger partial charge in [-0.3, -0.25) is 9.89 Å². The Morgan fingerprint density at radius 3 is 2.65 bits per heavy atom. The number of anilines is 2. The highest BCUT2D eigenvalue weighted by atomic mass is 16.5. The Balaban J connectivity index is 1.44. The molecule has 0 radical (unpaired) electrons. The van der Waals surface area contributed by atoms with Crippen LogP contribution in [0.5, 0.6) is 11.5 Å². The number of amides is 1. The van der Waals surface area contributed by atoms with Gasteiger partial charge in [-0.2, -0.15) is 5.10 Å². The highest BCUT2D eigenvalue weighted by Crippen LogP contribution is 2.32. The highest BCUT2D eigenvalue weighted by molar-refractivity contribution is 5.93. The quantitative estimate of drug-likeness (QED) is 0.298. The molecular formula is C28H32N6O3. The lowest BCUT2D eigenvalue weighted by molar-refractivity contribution is -0.124. The third kappa shape index (κ3) is 6.35. The highest BCUT2D eigenvalue weighted by Gasteiger charge is 2.18. The number of nitrogens with one attached hydrogen (secondary N) is 3. The number of ether oxygens (including phenoxy) is 2. The predicted molar refractivity (Wildman–Crippen MR) is 143 cm³/mol. The summed E-state index contributed by atoms with van der Waals surface area (Å²) in [6.07, 6.45) is 6.53. The second kappa shape index (κ2) is 10.5. The standard InChI is InChI=1S/C28H32N6O3/c1-28(2,3)33-25(35)17-36-20-10-6-7-18(15-20)26-30-23-12-11-21(37-19-8-4-5-9-19)16-22(23)27(32-26)31-24-13-14-29-34-24/h6-7,10-16,19H,4-5,8-9,17H2,1-3H3,(H,33,35)(H2,29,30,31,32,34). The maximum atomic E-state index is 12.2. The number of benzene rings is 2. The van der Waals surface area contributed by atoms with Gasteiger partial charge >= 0.3 is 0 Å². The average molecular weight is 501 g/mol. The molecule has 0 spiro atoms. The fraction of sp³-hybridized carbons (Fsp3) is 0.357. The Labute approximate surface area is 216 Å². The van der Waals surface area contributed by atoms with E-state index in [9.17, 15) is 4.79 Å². The first-order valence-corrected chi connectivity index (χ1v) is 12.6. The summed E-state index contributed by atoms with van der Waals surface area (Å²) in [4.78, 5) is 21.8. The summed E-state index contributed by atoms with van der Waals surface area (Å²) in [5.41, 5.74) is 1.23. The van der Waals surface area contributed by atoms with Crippen molar-refractivity contribution in [2.75, 3.05) is 11.9 Å². The van der Waals surface area contributed by atoms with Gasteiger partial charge in [-0.1, -0.05) is 12.1 Å². The normalized spacial score (nSPS) is 14.0. The molecule has 1 aliphatic rings. The first kappa shape index (κ1) is 24.5. The lowest BCUT2D eigenvalue weighted by atomic mass is 10.1. The molecule has 4 aromatic rings. The van der Waals surface area contributed by atoms with Crippen LogP contribution in [0.25, 0.3) is 22.3 Å². The van der Waals surface area contributed by atoms with Gasteiger partial charge in [0, 0.05) is 22.6 Å². The second-order valence-corrected chi connectivity index (χ2v) is 10.3. The van der Waals surface area contributed by atoms with E-state index in [1.807, 2.05) is 69.3 Å². The largest absolute Gasteiger partial charge is 0.490 e. The van der Waals surface area contributed by atoms with E-state index in [-0.39, 0.29) is 24.2 Å². The molecule has 0 unspecified atom stereocenters. The molecule has 1 fully saturated rings. The van der Waals surface area contributed by atoms with Gasteiger partial charge in [-0.05, 0) is 76.8 Å². The van der Waals surface area contributed by atoms with Gasteiger partial charge < -0.3 is 20.1 Å². The van der Waals surface area contributed by atoms with Crippen LogP contribution in [0.4, 0.5) is 11.6 Å². The van der Waals surface area contributed by atoms with Crippen molar-refractivity contribution in [1.29, 1.82) is 0 Å². The summed E-state index contributed by atoms with van der Waals surface area (Å²) in [5, 5.41) is 14.0. The zero-order valence-corrected chi connectivity index (χ0v) is 21.4. The van der Waals surface area contributed by atoms with E-state index >= 15 is 0 Å². The summed E-state index contributed by atoms with van der Waals surface area (Å²) >= 11 is 0. The van der Waals surface area contributed by atoms with Crippen molar-refractivity contribution in [1.82, 2.24) is 25.5 Å². The van der Waals surface area contributed by atoms with Crippen LogP contribution < -0.4 is 20.1 Å². The van der Waals surface area contributed by atoms with Crippen LogP contribution in [-0.2, 0) is 4.79 Å². The van der Waals surface area contributed by atoms with Crippen LogP contribution in [0.15, 0.2) is 54.7 Å². The number of hydrogen-bond donors (Lipinski definition) is 3. The molecule has 2 aromatic heterocycles. The number of rotatable bonds is 8. The van der Waals surface area contributed by atoms with Crippen molar-refractivity contribution in [3.05, 3.63) is 54.7 Å². The van der Waals surface area contributed by atoms with E-state index in [1.54, 1.807) is 6.20 Å². The van der Waals surface area contributed by atoms with Crippen LogP contribution >= 0.6 is 0 Å². The van der Waals surface area contributed by atoms with E-state index in [0.717, 1.165) is 40.9 Å². The van der Waals surface area contributed by atoms with E-state index in [1.165, 1.54) is 12.8 Å². The fourth-order valence-corrected chi connectivity index (χ4v) is 4.39. The van der Waals surface area contributed by atoms with Crippen molar-refractivity contribution in [3.63, 3.8) is 0 Å². The van der Waals surface area contributed by atoms with Gasteiger partial charge in [-0.15, -0.1) is 0 Å². The van der Waals surface area contributed by atoms with Crippen LogP contribution in [-0.4, -0.2) is 44.3 Å². The van der Waals surface area contributed by atoms with Gasteiger partial charge in [0.2, 0.25) is 0 Å². The SMILES string of the molecule is CC(C)(C)NC(=O)COc1cccc(-c2nc(Nc3ccn[nH]3)c3cc(OC4CCCC4)ccc3n2)c1. The van der Waals surface area contributed by atoms with Crippen molar-refractivity contribution < 1.29 is 14.3 Å². The van der Waals surface area contributed by atoms with Crippen LogP contribution in [0.3, 0.4) is 0 Å². The minimum absolute atomic E-state index is 0.0737. The van der Waals surface area contributed by atoms with Crippen LogP contribution in [0.2, 0.25) is 0 Å². The summed E-state index contributed by atoms with van der Waals surface area (Å²) in [7, 11) is 0. The lowest BCUT2D eigenvalue weighted by Crippen LogP contribution is -2.43. The molecule has 9 heteroatoms. The molecule has 192 valence electrons. The maximum absolute atomic E-state index is 12.2. The zero-order valence-electron chi connectivity index (χ0n) is 21.4. The molecule has 9 nitrogen and oxygen atoms in total. The molecule has 0 aliphatic heterocycles. The molecule has 0 atom stereocenters. The Morgan fingerprint density at radius 1 is 1.05 bits per heavy atom. The van der Waals surface area contributed by atoms with Crippen molar-refractivity contribution >= 4 is 28.4 Å². The molecule has 37 heavy (non-hydrogen) atoms. The second-order valence-electron chi connectivity index (χ2n) is 10.3. The smallest absolute Gasteiger partial charge is 0.258 e. The molecule has 1 saturated carbocycles. The van der Waals surface area contributed by atoms with Gasteiger partial charge in [0.05, 0.1) is 17.8 Å². The maximum Gasteiger partial charge on any atom is 0.258 e. The molecule has 0 saturated heterocycles. The molecule has 5 rings (SSSR count). The van der Waals surface area contributed by atoms with Gasteiger partial charge in [0.1, 0.15) is 23.1 Å². The number of fused-ring (bicyclic) bond motifs is 1. The molecule has 1 amide bonds. The topological polar surface area (TPSA) is 114 Å². The summed E-state index contributed by atoms with van der Waals surface area (Å²) in [6, 6.07) is 15.2. The van der Waals surface area contributed by atoms with Crippen molar-refractivity contribution in [2.24, 2.45) is 0 Å². The Bertz CT molecular complexity index is 1370. The first-order chi connectivity index (χ1) is 17.8. The molecule has 3 N–H and O–H groups in total. The monoisotopic (exact) mass is 500 g/mol. The number of carbonyl (C=O) groups excluding carboxylic acids is 1. The third-order valence-corrected chi connectivity index (χ3v) is 6.00. The van der Waals surface area contributed by atoms with Crippen LogP contribution in [0.1, 0.15) is 46.5 Å². The van der Waals surface area contributed by atoms with Gasteiger partial charge in [0.25, 0.3) is 5.91 Å². The van der Waals surface area contributed by atoms with E-state index in [4.69, 9.17) is 19.4 Å². The molecule has 2 heterocycles. The van der Waals surface area contributed by atoms with Gasteiger partial charge in [0.15, 0.2) is 12.4 Å². The van der Waals surface area contributed by atoms with Crippen LogP contribution in [0, 0.1) is 0 Å². The number of aromatic amines is 1. The Morgan fingerprint density at radius 2 is 1.89 bits per heavy atom. The Kier molecular flexibility index (Phi) is 6.94. The minimum atomic E-state index is -0.318. The number of nitrogens with zero attached hydrogens (tertiary/aromatic N) is 3. The summed E-state index contributed by atoms with van der Waals surface area (Å²) in [5.74, 6) is 3.08. The number of aromatic nitrogens is 4. The van der Waals surface area contributed by atoms with Crippen molar-refractivity contribution in [2.45, 2.75) is 58.1 Å². The fourth-order valence-electron chi connectivity index (χ4n) is 4.39. The summed E-state index contributed by atoms with van der Waals surface area (Å²) < 4.78 is 12.0. The number of carbonyl (C=O) groups is 1. The van der Waals surface area contributed by atoms with E-state index < -0.39 is 0 Å². The lowest BCUT2D eigenvalue weighted by Gasteiger charge is -2.20. The van der Waals surface area contributed by atoms with Gasteiger partial charge in [-0.25, -0.2) is 9.97 Å². The molecule has 0 bridgehead atoms. The minimum Gasteiger partial charge on any atom is -0.490 e.